The summed E-state index contributed by atoms with van der Waals surface area (Å²) < 4.78 is 5.13. The van der Waals surface area contributed by atoms with E-state index >= 15 is 0 Å². The van der Waals surface area contributed by atoms with E-state index in [0.29, 0.717) is 5.69 Å². The highest BCUT2D eigenvalue weighted by molar-refractivity contribution is 5.84. The van der Waals surface area contributed by atoms with Crippen LogP contribution in [0.25, 0.3) is 0 Å². The summed E-state index contributed by atoms with van der Waals surface area (Å²) in [4.78, 5) is 23.3. The maximum atomic E-state index is 11.7. The maximum absolute atomic E-state index is 11.7. The third-order valence-electron chi connectivity index (χ3n) is 3.21. The van der Waals surface area contributed by atoms with Gasteiger partial charge in [-0.2, -0.15) is 0 Å². The molecule has 0 aliphatic heterocycles. The minimum absolute atomic E-state index is 0.0836. The molecule has 2 amide bonds. The first kappa shape index (κ1) is 17.5. The van der Waals surface area contributed by atoms with Gasteiger partial charge in [-0.05, 0) is 23.3 Å². The van der Waals surface area contributed by atoms with E-state index in [1.54, 1.807) is 24.3 Å². The van der Waals surface area contributed by atoms with Crippen LogP contribution in [0.1, 0.15) is 11.1 Å². The Morgan fingerprint density at radius 3 is 2.33 bits per heavy atom. The predicted octanol–water partition coefficient (Wildman–Crippen LogP) is 2.09. The first-order chi connectivity index (χ1) is 11.7. The Kier molecular flexibility index (Phi) is 6.79. The number of carbonyl (C=O) groups excluding carboxylic acids is 2. The van der Waals surface area contributed by atoms with E-state index < -0.39 is 6.09 Å². The van der Waals surface area contributed by atoms with Crippen molar-refractivity contribution in [1.82, 2.24) is 5.32 Å². The van der Waals surface area contributed by atoms with Crippen molar-refractivity contribution >= 4 is 17.7 Å². The lowest BCUT2D eigenvalue weighted by Gasteiger charge is -2.08. The fourth-order valence-corrected chi connectivity index (χ4v) is 2.03. The van der Waals surface area contributed by atoms with E-state index in [9.17, 15) is 9.59 Å². The first-order valence-electron chi connectivity index (χ1n) is 7.61. The summed E-state index contributed by atoms with van der Waals surface area (Å²) in [6.07, 6.45) is -0.314. The van der Waals surface area contributed by atoms with Crippen molar-refractivity contribution in [3.05, 3.63) is 65.7 Å². The Morgan fingerprint density at radius 1 is 0.958 bits per heavy atom. The molecule has 6 heteroatoms. The lowest BCUT2D eigenvalue weighted by atomic mass is 10.1. The minimum atomic E-state index is -0.535. The monoisotopic (exact) mass is 328 g/mol. The zero-order valence-electron chi connectivity index (χ0n) is 13.2. The summed E-state index contributed by atoms with van der Waals surface area (Å²) in [5, 5.41) is 13.9. The highest BCUT2D eigenvalue weighted by Gasteiger charge is 2.05. The van der Waals surface area contributed by atoms with E-state index in [-0.39, 0.29) is 32.1 Å². The number of hydrogen-bond acceptors (Lipinski definition) is 4. The molecule has 0 aromatic heterocycles. The van der Waals surface area contributed by atoms with Crippen LogP contribution in [0.3, 0.4) is 0 Å². The van der Waals surface area contributed by atoms with Gasteiger partial charge in [-0.15, -0.1) is 0 Å². The molecule has 0 fully saturated rings. The number of aliphatic hydroxyl groups excluding tert-OH is 1. The van der Waals surface area contributed by atoms with Gasteiger partial charge in [0.2, 0.25) is 5.91 Å². The number of benzene rings is 2. The molecule has 0 saturated carbocycles. The van der Waals surface area contributed by atoms with Crippen LogP contribution in [-0.4, -0.2) is 30.3 Å². The number of ether oxygens (including phenoxy) is 1. The number of aliphatic hydroxyl groups is 1. The molecule has 0 aliphatic rings. The zero-order valence-corrected chi connectivity index (χ0v) is 13.2. The maximum Gasteiger partial charge on any atom is 0.411 e. The number of carbonyl (C=O) groups is 2. The van der Waals surface area contributed by atoms with Crippen molar-refractivity contribution in [2.75, 3.05) is 18.5 Å². The molecule has 0 unspecified atom stereocenters. The lowest BCUT2D eigenvalue weighted by molar-refractivity contribution is -0.120. The van der Waals surface area contributed by atoms with Crippen molar-refractivity contribution in [2.45, 2.75) is 13.0 Å². The first-order valence-corrected chi connectivity index (χ1v) is 7.61. The van der Waals surface area contributed by atoms with Gasteiger partial charge in [0.15, 0.2) is 0 Å². The standard InChI is InChI=1S/C18H20N2O4/c21-11-10-19-17(22)12-14-6-8-16(9-7-14)20-18(23)24-13-15-4-2-1-3-5-15/h1-9,21H,10-13H2,(H,19,22)(H,20,23). The third kappa shape index (κ3) is 6.10. The fourth-order valence-electron chi connectivity index (χ4n) is 2.03. The molecule has 2 aromatic rings. The van der Waals surface area contributed by atoms with Gasteiger partial charge >= 0.3 is 6.09 Å². The van der Waals surface area contributed by atoms with Crippen molar-refractivity contribution < 1.29 is 19.4 Å². The Morgan fingerprint density at radius 2 is 1.67 bits per heavy atom. The molecule has 2 rings (SSSR count). The quantitative estimate of drug-likeness (QED) is 0.726. The molecule has 126 valence electrons. The largest absolute Gasteiger partial charge is 0.444 e. The third-order valence-corrected chi connectivity index (χ3v) is 3.21. The predicted molar refractivity (Wildman–Crippen MR) is 90.5 cm³/mol. The van der Waals surface area contributed by atoms with E-state index in [1.165, 1.54) is 0 Å². The number of rotatable bonds is 7. The molecule has 3 N–H and O–H groups in total. The van der Waals surface area contributed by atoms with E-state index in [4.69, 9.17) is 9.84 Å². The van der Waals surface area contributed by atoms with Crippen molar-refractivity contribution in [2.24, 2.45) is 0 Å². The smallest absolute Gasteiger partial charge is 0.411 e. The van der Waals surface area contributed by atoms with Gasteiger partial charge in [0, 0.05) is 12.2 Å². The van der Waals surface area contributed by atoms with Crippen LogP contribution >= 0.6 is 0 Å². The van der Waals surface area contributed by atoms with Crippen LogP contribution in [0, 0.1) is 0 Å². The Bertz CT molecular complexity index is 656. The number of hydrogen-bond donors (Lipinski definition) is 3. The van der Waals surface area contributed by atoms with Crippen LogP contribution in [0.4, 0.5) is 10.5 Å². The van der Waals surface area contributed by atoms with Crippen molar-refractivity contribution in [1.29, 1.82) is 0 Å². The normalized spacial score (nSPS) is 10.0. The zero-order chi connectivity index (χ0) is 17.2. The second-order valence-corrected chi connectivity index (χ2v) is 5.13. The van der Waals surface area contributed by atoms with Crippen LogP contribution < -0.4 is 10.6 Å². The Balaban J connectivity index is 1.78. The molecule has 0 radical (unpaired) electrons. The molecule has 6 nitrogen and oxygen atoms in total. The summed E-state index contributed by atoms with van der Waals surface area (Å²) in [6, 6.07) is 16.3. The van der Waals surface area contributed by atoms with E-state index in [0.717, 1.165) is 11.1 Å². The second-order valence-electron chi connectivity index (χ2n) is 5.13. The number of anilines is 1. The molecule has 24 heavy (non-hydrogen) atoms. The molecule has 0 spiro atoms. The van der Waals surface area contributed by atoms with Gasteiger partial charge in [0.25, 0.3) is 0 Å². The SMILES string of the molecule is O=C(Cc1ccc(NC(=O)OCc2ccccc2)cc1)NCCO. The second kappa shape index (κ2) is 9.32. The van der Waals surface area contributed by atoms with Crippen molar-refractivity contribution in [3.63, 3.8) is 0 Å². The Hall–Kier alpha value is -2.86. The highest BCUT2D eigenvalue weighted by atomic mass is 16.5. The van der Waals surface area contributed by atoms with E-state index in [1.807, 2.05) is 30.3 Å². The molecular weight excluding hydrogens is 308 g/mol. The van der Waals surface area contributed by atoms with Gasteiger partial charge in [0.1, 0.15) is 6.61 Å². The molecule has 0 bridgehead atoms. The minimum Gasteiger partial charge on any atom is -0.444 e. The summed E-state index contributed by atoms with van der Waals surface area (Å²) in [5.41, 5.74) is 2.32. The average Bonchev–Trinajstić information content (AvgIpc) is 2.61. The number of amides is 2. The van der Waals surface area contributed by atoms with Crippen LogP contribution in [0.5, 0.6) is 0 Å². The molecular formula is C18H20N2O4. The lowest BCUT2D eigenvalue weighted by Crippen LogP contribution is -2.27. The van der Waals surface area contributed by atoms with Crippen LogP contribution in [0.15, 0.2) is 54.6 Å². The van der Waals surface area contributed by atoms with Gasteiger partial charge in [-0.1, -0.05) is 42.5 Å². The Labute approximate surface area is 140 Å². The molecule has 0 atom stereocenters. The van der Waals surface area contributed by atoms with Gasteiger partial charge in [-0.25, -0.2) is 4.79 Å². The topological polar surface area (TPSA) is 87.7 Å². The molecule has 0 heterocycles. The summed E-state index contributed by atoms with van der Waals surface area (Å²) >= 11 is 0. The molecule has 2 aromatic carbocycles. The summed E-state index contributed by atoms with van der Waals surface area (Å²) in [5.74, 6) is -0.160. The summed E-state index contributed by atoms with van der Waals surface area (Å²) in [7, 11) is 0. The van der Waals surface area contributed by atoms with Crippen LogP contribution in [0.2, 0.25) is 0 Å². The summed E-state index contributed by atoms with van der Waals surface area (Å²) in [6.45, 7) is 0.362. The van der Waals surface area contributed by atoms with Gasteiger partial charge in [-0.3, -0.25) is 10.1 Å². The molecule has 0 aliphatic carbocycles. The fraction of sp³-hybridized carbons (Fsp3) is 0.222. The van der Waals surface area contributed by atoms with Crippen molar-refractivity contribution in [3.8, 4) is 0 Å². The van der Waals surface area contributed by atoms with Gasteiger partial charge < -0.3 is 15.2 Å². The number of nitrogens with one attached hydrogen (secondary N) is 2. The van der Waals surface area contributed by atoms with E-state index in [2.05, 4.69) is 10.6 Å². The van der Waals surface area contributed by atoms with Crippen LogP contribution in [-0.2, 0) is 22.6 Å². The molecule has 0 saturated heterocycles. The highest BCUT2D eigenvalue weighted by Crippen LogP contribution is 2.11. The average molecular weight is 328 g/mol. The van der Waals surface area contributed by atoms with Gasteiger partial charge in [0.05, 0.1) is 13.0 Å².